The first kappa shape index (κ1) is 26.4. The molecule has 35 heavy (non-hydrogen) atoms. The van der Waals surface area contributed by atoms with Gasteiger partial charge in [0.2, 0.25) is 5.91 Å². The average Bonchev–Trinajstić information content (AvgIpc) is 2.80. The first-order chi connectivity index (χ1) is 16.7. The third-order valence-corrected chi connectivity index (χ3v) is 5.93. The van der Waals surface area contributed by atoms with Gasteiger partial charge >= 0.3 is 0 Å². The number of carbonyl (C=O) groups excluding carboxylic acids is 3. The van der Waals surface area contributed by atoms with Gasteiger partial charge in [-0.1, -0.05) is 31.5 Å². The Morgan fingerprint density at radius 2 is 1.86 bits per heavy atom. The van der Waals surface area contributed by atoms with Crippen molar-refractivity contribution in [3.8, 4) is 5.75 Å². The van der Waals surface area contributed by atoms with E-state index in [1.807, 2.05) is 13.8 Å². The summed E-state index contributed by atoms with van der Waals surface area (Å²) in [4.78, 5) is 39.7. The molecule has 0 unspecified atom stereocenters. The Morgan fingerprint density at radius 1 is 1.14 bits per heavy atom. The van der Waals surface area contributed by atoms with E-state index in [9.17, 15) is 23.2 Å². The van der Waals surface area contributed by atoms with Gasteiger partial charge < -0.3 is 20.3 Å². The standard InChI is InChI=1S/C25H28ClF2N3O4/c1-15(2)20-14-35-21-9-8-16(26)12-17(21)24(33)29-10-3-4-11-31(13-22(32)30-20)25(34)23-18(27)6-5-7-19(23)28/h5-9,12,15,20H,3-4,10-11,13-14H2,1-2H3,(H,29,33)(H,30,32)/t20-/m0/s1. The van der Waals surface area contributed by atoms with Gasteiger partial charge in [-0.05, 0) is 49.1 Å². The fourth-order valence-electron chi connectivity index (χ4n) is 3.65. The van der Waals surface area contributed by atoms with E-state index < -0.39 is 35.1 Å². The van der Waals surface area contributed by atoms with Gasteiger partial charge in [0.1, 0.15) is 29.6 Å². The summed E-state index contributed by atoms with van der Waals surface area (Å²) >= 11 is 6.07. The second kappa shape index (κ2) is 12.0. The number of benzene rings is 2. The number of fused-ring (bicyclic) bond motifs is 1. The number of amides is 3. The van der Waals surface area contributed by atoms with Gasteiger partial charge in [-0.15, -0.1) is 0 Å². The van der Waals surface area contributed by atoms with Crippen LogP contribution in [0.3, 0.4) is 0 Å². The summed E-state index contributed by atoms with van der Waals surface area (Å²) < 4.78 is 34.4. The molecule has 0 saturated carbocycles. The van der Waals surface area contributed by atoms with Crippen molar-refractivity contribution in [2.45, 2.75) is 32.7 Å². The fourth-order valence-corrected chi connectivity index (χ4v) is 3.82. The Morgan fingerprint density at radius 3 is 2.54 bits per heavy atom. The summed E-state index contributed by atoms with van der Waals surface area (Å²) in [5.74, 6) is -3.49. The molecule has 1 aliphatic rings. The molecular formula is C25H28ClF2N3O4. The molecule has 1 atom stereocenters. The Kier molecular flexibility index (Phi) is 9.03. The molecular weight excluding hydrogens is 480 g/mol. The summed E-state index contributed by atoms with van der Waals surface area (Å²) in [6, 6.07) is 7.41. The number of ether oxygens (including phenoxy) is 1. The van der Waals surface area contributed by atoms with Crippen LogP contribution in [-0.2, 0) is 4.79 Å². The summed E-state index contributed by atoms with van der Waals surface area (Å²) in [5, 5.41) is 6.00. The van der Waals surface area contributed by atoms with E-state index in [-0.39, 0.29) is 43.6 Å². The lowest BCUT2D eigenvalue weighted by atomic mass is 10.1. The first-order valence-corrected chi connectivity index (χ1v) is 11.8. The van der Waals surface area contributed by atoms with E-state index in [4.69, 9.17) is 16.3 Å². The molecule has 7 nitrogen and oxygen atoms in total. The largest absolute Gasteiger partial charge is 0.491 e. The van der Waals surface area contributed by atoms with Crippen molar-refractivity contribution in [2.75, 3.05) is 26.2 Å². The van der Waals surface area contributed by atoms with Crippen molar-refractivity contribution in [3.63, 3.8) is 0 Å². The molecule has 1 aliphatic heterocycles. The van der Waals surface area contributed by atoms with Crippen LogP contribution < -0.4 is 15.4 Å². The molecule has 188 valence electrons. The van der Waals surface area contributed by atoms with Crippen LogP contribution in [0.25, 0.3) is 0 Å². The number of carbonyl (C=O) groups is 3. The predicted molar refractivity (Wildman–Crippen MR) is 128 cm³/mol. The molecule has 3 amide bonds. The van der Waals surface area contributed by atoms with Crippen molar-refractivity contribution < 1.29 is 27.9 Å². The number of hydrogen-bond donors (Lipinski definition) is 2. The molecule has 0 spiro atoms. The highest BCUT2D eigenvalue weighted by molar-refractivity contribution is 6.31. The molecule has 1 heterocycles. The molecule has 0 radical (unpaired) electrons. The summed E-state index contributed by atoms with van der Waals surface area (Å²) in [7, 11) is 0. The zero-order chi connectivity index (χ0) is 25.5. The highest BCUT2D eigenvalue weighted by Gasteiger charge is 2.27. The van der Waals surface area contributed by atoms with Crippen molar-refractivity contribution in [2.24, 2.45) is 5.92 Å². The van der Waals surface area contributed by atoms with Crippen LogP contribution in [0.4, 0.5) is 8.78 Å². The topological polar surface area (TPSA) is 87.7 Å². The Labute approximate surface area is 207 Å². The maximum Gasteiger partial charge on any atom is 0.260 e. The van der Waals surface area contributed by atoms with Crippen molar-refractivity contribution in [3.05, 3.63) is 64.2 Å². The smallest absolute Gasteiger partial charge is 0.260 e. The van der Waals surface area contributed by atoms with Gasteiger partial charge in [-0.3, -0.25) is 14.4 Å². The van der Waals surface area contributed by atoms with Gasteiger partial charge in [0.05, 0.1) is 18.2 Å². The zero-order valence-corrected chi connectivity index (χ0v) is 20.3. The Bertz CT molecular complexity index is 1080. The molecule has 0 saturated heterocycles. The molecule has 3 rings (SSSR count). The van der Waals surface area contributed by atoms with Crippen LogP contribution in [0.5, 0.6) is 5.75 Å². The molecule has 0 bridgehead atoms. The number of halogens is 3. The Balaban J connectivity index is 1.86. The minimum atomic E-state index is -0.997. The lowest BCUT2D eigenvalue weighted by molar-refractivity contribution is -0.123. The van der Waals surface area contributed by atoms with Crippen LogP contribution in [0, 0.1) is 17.6 Å². The quantitative estimate of drug-likeness (QED) is 0.647. The van der Waals surface area contributed by atoms with E-state index >= 15 is 0 Å². The molecule has 0 aromatic heterocycles. The van der Waals surface area contributed by atoms with Crippen molar-refractivity contribution in [1.29, 1.82) is 0 Å². The fraction of sp³-hybridized carbons (Fsp3) is 0.400. The van der Waals surface area contributed by atoms with Crippen LogP contribution >= 0.6 is 11.6 Å². The summed E-state index contributed by atoms with van der Waals surface area (Å²) in [5.41, 5.74) is -0.435. The number of hydrogen-bond acceptors (Lipinski definition) is 4. The van der Waals surface area contributed by atoms with Crippen molar-refractivity contribution >= 4 is 29.3 Å². The summed E-state index contributed by atoms with van der Waals surface area (Å²) in [6.07, 6.45) is 0.851. The van der Waals surface area contributed by atoms with Crippen LogP contribution in [0.15, 0.2) is 36.4 Å². The van der Waals surface area contributed by atoms with E-state index in [0.717, 1.165) is 17.0 Å². The SMILES string of the molecule is CC(C)[C@@H]1COc2ccc(Cl)cc2C(=O)NCCCCN(C(=O)c2c(F)cccc2F)CC(=O)N1. The third kappa shape index (κ3) is 6.91. The predicted octanol–water partition coefficient (Wildman–Crippen LogP) is 3.80. The van der Waals surface area contributed by atoms with Gasteiger partial charge in [0.15, 0.2) is 0 Å². The average molecular weight is 508 g/mol. The lowest BCUT2D eigenvalue weighted by Crippen LogP contribution is -2.48. The normalized spacial score (nSPS) is 18.0. The molecule has 0 aliphatic carbocycles. The monoisotopic (exact) mass is 507 g/mol. The first-order valence-electron chi connectivity index (χ1n) is 11.4. The second-order valence-electron chi connectivity index (χ2n) is 8.66. The van der Waals surface area contributed by atoms with Gasteiger partial charge in [-0.25, -0.2) is 8.78 Å². The maximum absolute atomic E-state index is 14.3. The molecule has 2 aromatic carbocycles. The number of nitrogens with one attached hydrogen (secondary N) is 2. The molecule has 2 N–H and O–H groups in total. The maximum atomic E-state index is 14.3. The van der Waals surface area contributed by atoms with Gasteiger partial charge in [0.25, 0.3) is 11.8 Å². The Hall–Kier alpha value is -3.20. The minimum Gasteiger partial charge on any atom is -0.491 e. The van der Waals surface area contributed by atoms with Crippen molar-refractivity contribution in [1.82, 2.24) is 15.5 Å². The van der Waals surface area contributed by atoms with Gasteiger partial charge in [-0.2, -0.15) is 0 Å². The van der Waals surface area contributed by atoms with Gasteiger partial charge in [0, 0.05) is 18.1 Å². The van der Waals surface area contributed by atoms with E-state index in [2.05, 4.69) is 10.6 Å². The highest BCUT2D eigenvalue weighted by Crippen LogP contribution is 2.24. The number of nitrogens with zero attached hydrogens (tertiary/aromatic N) is 1. The lowest BCUT2D eigenvalue weighted by Gasteiger charge is -2.26. The van der Waals surface area contributed by atoms with E-state index in [1.54, 1.807) is 12.1 Å². The molecule has 0 fully saturated rings. The third-order valence-electron chi connectivity index (χ3n) is 5.69. The number of rotatable bonds is 2. The minimum absolute atomic E-state index is 0.0487. The van der Waals surface area contributed by atoms with Crippen LogP contribution in [-0.4, -0.2) is 54.9 Å². The highest BCUT2D eigenvalue weighted by atomic mass is 35.5. The van der Waals surface area contributed by atoms with Crippen LogP contribution in [0.2, 0.25) is 5.02 Å². The zero-order valence-electron chi connectivity index (χ0n) is 19.6. The molecule has 2 aromatic rings. The second-order valence-corrected chi connectivity index (χ2v) is 9.09. The van der Waals surface area contributed by atoms with E-state index in [0.29, 0.717) is 23.6 Å². The summed E-state index contributed by atoms with van der Waals surface area (Å²) in [6.45, 7) is 3.80. The molecule has 10 heteroatoms. The van der Waals surface area contributed by atoms with E-state index in [1.165, 1.54) is 12.1 Å². The van der Waals surface area contributed by atoms with Crippen LogP contribution in [0.1, 0.15) is 47.4 Å².